The summed E-state index contributed by atoms with van der Waals surface area (Å²) in [7, 11) is 0. The van der Waals surface area contributed by atoms with Gasteiger partial charge in [0.25, 0.3) is 5.56 Å². The van der Waals surface area contributed by atoms with Gasteiger partial charge in [0.05, 0.1) is 16.6 Å². The fourth-order valence-corrected chi connectivity index (χ4v) is 4.44. The van der Waals surface area contributed by atoms with Crippen LogP contribution in [0, 0.1) is 13.8 Å². The van der Waals surface area contributed by atoms with Crippen molar-refractivity contribution in [1.29, 1.82) is 0 Å². The van der Waals surface area contributed by atoms with Crippen LogP contribution < -0.4 is 5.56 Å². The first-order valence-corrected chi connectivity index (χ1v) is 9.77. The summed E-state index contributed by atoms with van der Waals surface area (Å²) in [6, 6.07) is 11.3. The topological polar surface area (TPSA) is 52.2 Å². The molecule has 1 aliphatic rings. The number of hydrogen-bond donors (Lipinski definition) is 0. The minimum Gasteiger partial charge on any atom is -0.296 e. The number of fused-ring (bicyclic) bond motifs is 3. The van der Waals surface area contributed by atoms with Crippen molar-refractivity contribution in [2.75, 3.05) is 0 Å². The van der Waals surface area contributed by atoms with Gasteiger partial charge in [-0.1, -0.05) is 18.9 Å². The molecule has 0 N–H and O–H groups in total. The first-order valence-electron chi connectivity index (χ1n) is 11.3. The third-order valence-electron chi connectivity index (χ3n) is 5.79. The lowest BCUT2D eigenvalue weighted by Gasteiger charge is -2.09. The maximum atomic E-state index is 13.2. The van der Waals surface area contributed by atoms with E-state index < -0.39 is 12.5 Å². The van der Waals surface area contributed by atoms with Crippen LogP contribution in [-0.4, -0.2) is 19.2 Å². The molecule has 0 bridgehead atoms. The number of halogens is 1. The Morgan fingerprint density at radius 3 is 2.45 bits per heavy atom. The Labute approximate surface area is 180 Å². The predicted octanol–water partition coefficient (Wildman–Crippen LogP) is 4.94. The molecule has 150 valence electrons. The van der Waals surface area contributed by atoms with Crippen molar-refractivity contribution in [2.45, 2.75) is 45.4 Å². The highest BCUT2D eigenvalue weighted by atomic mass is 35.5. The second-order valence-electron chi connectivity index (χ2n) is 7.83. The van der Waals surface area contributed by atoms with Crippen LogP contribution in [0.5, 0.6) is 0 Å². The van der Waals surface area contributed by atoms with Gasteiger partial charge < -0.3 is 0 Å². The van der Waals surface area contributed by atoms with Crippen molar-refractivity contribution in [2.24, 2.45) is 6.98 Å². The molecule has 1 aliphatic carbocycles. The van der Waals surface area contributed by atoms with Crippen molar-refractivity contribution in [3.8, 4) is 11.1 Å². The van der Waals surface area contributed by atoms with Gasteiger partial charge in [-0.2, -0.15) is 5.10 Å². The van der Waals surface area contributed by atoms with E-state index in [-0.39, 0.29) is 12.4 Å². The number of benzene rings is 1. The maximum Gasteiger partial charge on any atom is 0.261 e. The first kappa shape index (κ1) is 16.2. The minimum absolute atomic E-state index is 0. The molecule has 0 amide bonds. The van der Waals surface area contributed by atoms with Crippen molar-refractivity contribution in [3.05, 3.63) is 63.8 Å². The normalized spacial score (nSPS) is 16.6. The molecular formula is C23H25ClN4O. The zero-order valence-corrected chi connectivity index (χ0v) is 17.3. The number of nitrogens with zero attached hydrogens (tertiary/aromatic N) is 4. The SMILES string of the molecule is Cl.[2H]C([2H])([2H])n1c(=O)c2ccc(-c3cc(C)nc(C)c3)cc2n2nc(C3CCCC3)cc12. The van der Waals surface area contributed by atoms with Gasteiger partial charge in [0.2, 0.25) is 0 Å². The predicted molar refractivity (Wildman–Crippen MR) is 119 cm³/mol. The van der Waals surface area contributed by atoms with Crippen molar-refractivity contribution in [3.63, 3.8) is 0 Å². The lowest BCUT2D eigenvalue weighted by molar-refractivity contribution is 0.686. The van der Waals surface area contributed by atoms with Gasteiger partial charge in [-0.25, -0.2) is 4.52 Å². The van der Waals surface area contributed by atoms with Crippen LogP contribution in [0.25, 0.3) is 27.7 Å². The lowest BCUT2D eigenvalue weighted by atomic mass is 10.0. The molecule has 5 rings (SSSR count). The highest BCUT2D eigenvalue weighted by Crippen LogP contribution is 2.34. The van der Waals surface area contributed by atoms with Crippen molar-refractivity contribution in [1.82, 2.24) is 19.2 Å². The quantitative estimate of drug-likeness (QED) is 0.469. The molecule has 0 atom stereocenters. The highest BCUT2D eigenvalue weighted by molar-refractivity contribution is 5.86. The van der Waals surface area contributed by atoms with E-state index in [9.17, 15) is 4.79 Å². The molecule has 1 saturated carbocycles. The number of rotatable bonds is 2. The van der Waals surface area contributed by atoms with E-state index in [1.54, 1.807) is 16.6 Å². The van der Waals surface area contributed by atoms with Crippen LogP contribution >= 0.6 is 12.4 Å². The van der Waals surface area contributed by atoms with E-state index in [2.05, 4.69) is 4.98 Å². The fraction of sp³-hybridized carbons (Fsp3) is 0.348. The molecule has 5 nitrogen and oxygen atoms in total. The second kappa shape index (κ2) is 7.30. The number of pyridine rings is 1. The summed E-state index contributed by atoms with van der Waals surface area (Å²) < 4.78 is 26.4. The van der Waals surface area contributed by atoms with Crippen molar-refractivity contribution >= 4 is 29.0 Å². The van der Waals surface area contributed by atoms with E-state index in [0.29, 0.717) is 22.5 Å². The Morgan fingerprint density at radius 1 is 1.03 bits per heavy atom. The van der Waals surface area contributed by atoms with E-state index in [0.717, 1.165) is 58.5 Å². The van der Waals surface area contributed by atoms with Crippen LogP contribution in [0.1, 0.15) is 52.8 Å². The van der Waals surface area contributed by atoms with E-state index in [1.165, 1.54) is 0 Å². The average Bonchev–Trinajstić information content (AvgIpc) is 3.36. The minimum atomic E-state index is -2.59. The zero-order valence-electron chi connectivity index (χ0n) is 19.5. The van der Waals surface area contributed by atoms with Gasteiger partial charge in [-0.3, -0.25) is 14.3 Å². The van der Waals surface area contributed by atoms with E-state index in [1.807, 2.05) is 38.1 Å². The smallest absolute Gasteiger partial charge is 0.261 e. The summed E-state index contributed by atoms with van der Waals surface area (Å²) >= 11 is 0. The van der Waals surface area contributed by atoms with Crippen LogP contribution in [0.15, 0.2) is 41.2 Å². The summed E-state index contributed by atoms with van der Waals surface area (Å²) in [6.07, 6.45) is 4.38. The zero-order chi connectivity index (χ0) is 21.9. The van der Waals surface area contributed by atoms with Crippen LogP contribution in [0.4, 0.5) is 0 Å². The van der Waals surface area contributed by atoms with E-state index in [4.69, 9.17) is 9.21 Å². The number of aromatic nitrogens is 4. The number of aryl methyl sites for hydroxylation is 3. The fourth-order valence-electron chi connectivity index (χ4n) is 4.44. The third-order valence-corrected chi connectivity index (χ3v) is 5.79. The van der Waals surface area contributed by atoms with Crippen molar-refractivity contribution < 1.29 is 4.11 Å². The second-order valence-corrected chi connectivity index (χ2v) is 7.83. The Balaban J connectivity index is 0.00000245. The van der Waals surface area contributed by atoms with Crippen LogP contribution in [0.2, 0.25) is 0 Å². The molecule has 4 aromatic rings. The molecule has 0 radical (unpaired) electrons. The molecule has 0 spiro atoms. The van der Waals surface area contributed by atoms with Gasteiger partial charge in [0.1, 0.15) is 5.65 Å². The molecule has 6 heteroatoms. The van der Waals surface area contributed by atoms with Crippen LogP contribution in [0.3, 0.4) is 0 Å². The molecule has 1 aromatic carbocycles. The summed E-state index contributed by atoms with van der Waals surface area (Å²) in [6.45, 7) is 1.32. The molecule has 3 aromatic heterocycles. The molecule has 1 fully saturated rings. The summed E-state index contributed by atoms with van der Waals surface area (Å²) in [5, 5.41) is 5.15. The summed E-state index contributed by atoms with van der Waals surface area (Å²) in [5.74, 6) is 0.309. The maximum absolute atomic E-state index is 13.2. The van der Waals surface area contributed by atoms with Gasteiger partial charge in [-0.05, 0) is 62.1 Å². The Morgan fingerprint density at radius 2 is 1.76 bits per heavy atom. The molecule has 3 heterocycles. The van der Waals surface area contributed by atoms with Gasteiger partial charge in [0, 0.05) is 34.5 Å². The molecule has 0 unspecified atom stereocenters. The summed E-state index contributed by atoms with van der Waals surface area (Å²) in [4.78, 5) is 17.7. The average molecular weight is 412 g/mol. The molecule has 0 aliphatic heterocycles. The Kier molecular flexibility index (Phi) is 4.07. The number of hydrogen-bond acceptors (Lipinski definition) is 3. The monoisotopic (exact) mass is 411 g/mol. The van der Waals surface area contributed by atoms with E-state index >= 15 is 0 Å². The Bertz CT molecular complexity index is 1360. The summed E-state index contributed by atoms with van der Waals surface area (Å²) in [5.41, 5.74) is 5.06. The van der Waals surface area contributed by atoms with Gasteiger partial charge in [0.15, 0.2) is 0 Å². The van der Waals surface area contributed by atoms with Crippen LogP contribution in [-0.2, 0) is 6.98 Å². The third kappa shape index (κ3) is 3.23. The molecule has 0 saturated heterocycles. The van der Waals surface area contributed by atoms with Gasteiger partial charge >= 0.3 is 0 Å². The Hall–Kier alpha value is -2.66. The standard InChI is InChI=1S/C23H24N4O.ClH/c1-14-10-18(11-15(2)24-14)17-8-9-19-21(12-17)27-22(26(3)23(19)28)13-20(25-27)16-6-4-5-7-16;/h8-13,16H,4-7H2,1-3H3;1H/i3D3;. The first-order chi connectivity index (χ1) is 14.7. The molecule has 29 heavy (non-hydrogen) atoms. The highest BCUT2D eigenvalue weighted by Gasteiger charge is 2.21. The van der Waals surface area contributed by atoms with Gasteiger partial charge in [-0.15, -0.1) is 12.4 Å². The molecular weight excluding hydrogens is 384 g/mol. The largest absolute Gasteiger partial charge is 0.296 e. The lowest BCUT2D eigenvalue weighted by Crippen LogP contribution is -2.19.